The molecule has 0 aliphatic heterocycles. The molecule has 0 unspecified atom stereocenters. The summed E-state index contributed by atoms with van der Waals surface area (Å²) in [6.45, 7) is 5.83. The molecule has 1 aromatic rings. The van der Waals surface area contributed by atoms with E-state index < -0.39 is 0 Å². The van der Waals surface area contributed by atoms with Crippen molar-refractivity contribution in [3.63, 3.8) is 0 Å². The summed E-state index contributed by atoms with van der Waals surface area (Å²) in [6, 6.07) is 7.13. The number of carbonyl (C=O) groups is 1. The smallest absolute Gasteiger partial charge is 0.414 e. The van der Waals surface area contributed by atoms with Gasteiger partial charge in [0.25, 0.3) is 0 Å². The number of amides is 1. The van der Waals surface area contributed by atoms with Crippen molar-refractivity contribution >= 4 is 17.5 Å². The predicted molar refractivity (Wildman–Crippen MR) is 65.5 cm³/mol. The van der Waals surface area contributed by atoms with Gasteiger partial charge in [-0.25, -0.2) is 4.79 Å². The van der Waals surface area contributed by atoms with Crippen LogP contribution in [0.15, 0.2) is 24.3 Å². The van der Waals surface area contributed by atoms with Gasteiger partial charge in [0, 0.05) is 16.9 Å². The first kappa shape index (κ1) is 12.4. The highest BCUT2D eigenvalue weighted by molar-refractivity contribution is 5.89. The maximum absolute atomic E-state index is 11.7. The van der Waals surface area contributed by atoms with Crippen molar-refractivity contribution in [2.24, 2.45) is 0 Å². The van der Waals surface area contributed by atoms with Gasteiger partial charge in [-0.3, -0.25) is 4.90 Å². The minimum absolute atomic E-state index is 0.344. The molecule has 0 atom stereocenters. The summed E-state index contributed by atoms with van der Waals surface area (Å²) in [5.74, 6) is 0. The third-order valence-electron chi connectivity index (χ3n) is 2.18. The highest BCUT2D eigenvalue weighted by Crippen LogP contribution is 2.25. The van der Waals surface area contributed by atoms with Gasteiger partial charge in [-0.05, 0) is 45.0 Å². The van der Waals surface area contributed by atoms with Crippen LogP contribution in [0.25, 0.3) is 0 Å². The lowest BCUT2D eigenvalue weighted by Crippen LogP contribution is -2.45. The lowest BCUT2D eigenvalue weighted by atomic mass is 10.1. The molecular weight excluding hydrogens is 204 g/mol. The molecule has 16 heavy (non-hydrogen) atoms. The van der Waals surface area contributed by atoms with Crippen molar-refractivity contribution in [2.75, 3.05) is 17.7 Å². The SMILES string of the molecule is COC(=O)N(c1ccc(N)cc1)C(C)(C)C. The number of hydrogen-bond donors (Lipinski definition) is 1. The second-order valence-corrected chi connectivity index (χ2v) is 4.57. The normalized spacial score (nSPS) is 11.0. The minimum Gasteiger partial charge on any atom is -0.452 e. The van der Waals surface area contributed by atoms with Crippen molar-refractivity contribution in [3.05, 3.63) is 24.3 Å². The molecule has 1 amide bonds. The number of nitrogens with two attached hydrogens (primary N) is 1. The zero-order valence-corrected chi connectivity index (χ0v) is 10.2. The molecule has 1 aromatic carbocycles. The Labute approximate surface area is 96.0 Å². The Morgan fingerprint density at radius 1 is 1.25 bits per heavy atom. The van der Waals surface area contributed by atoms with Crippen LogP contribution in [0.4, 0.5) is 16.2 Å². The Morgan fingerprint density at radius 3 is 2.12 bits per heavy atom. The van der Waals surface area contributed by atoms with E-state index in [-0.39, 0.29) is 11.6 Å². The summed E-state index contributed by atoms with van der Waals surface area (Å²) in [5, 5.41) is 0. The van der Waals surface area contributed by atoms with Gasteiger partial charge in [-0.15, -0.1) is 0 Å². The lowest BCUT2D eigenvalue weighted by molar-refractivity contribution is 0.172. The van der Waals surface area contributed by atoms with Crippen LogP contribution < -0.4 is 10.6 Å². The fourth-order valence-corrected chi connectivity index (χ4v) is 1.48. The van der Waals surface area contributed by atoms with Crippen LogP contribution in [-0.4, -0.2) is 18.7 Å². The van der Waals surface area contributed by atoms with E-state index in [2.05, 4.69) is 0 Å². The summed E-state index contributed by atoms with van der Waals surface area (Å²) in [4.78, 5) is 13.3. The van der Waals surface area contributed by atoms with Gasteiger partial charge >= 0.3 is 6.09 Å². The average molecular weight is 222 g/mol. The molecule has 0 saturated carbocycles. The molecule has 4 nitrogen and oxygen atoms in total. The zero-order valence-electron chi connectivity index (χ0n) is 10.2. The van der Waals surface area contributed by atoms with Crippen LogP contribution in [0.3, 0.4) is 0 Å². The van der Waals surface area contributed by atoms with Crippen molar-refractivity contribution in [3.8, 4) is 0 Å². The number of nitrogen functional groups attached to an aromatic ring is 1. The van der Waals surface area contributed by atoms with E-state index in [1.54, 1.807) is 29.2 Å². The van der Waals surface area contributed by atoms with Crippen LogP contribution >= 0.6 is 0 Å². The zero-order chi connectivity index (χ0) is 12.3. The van der Waals surface area contributed by atoms with Gasteiger partial charge in [0.15, 0.2) is 0 Å². The topological polar surface area (TPSA) is 55.6 Å². The molecule has 0 saturated heterocycles. The third kappa shape index (κ3) is 2.66. The van der Waals surface area contributed by atoms with Crippen LogP contribution in [0.1, 0.15) is 20.8 Å². The molecular formula is C12H18N2O2. The molecule has 4 heteroatoms. The van der Waals surface area contributed by atoms with E-state index >= 15 is 0 Å². The number of benzene rings is 1. The molecule has 1 rings (SSSR count). The number of hydrogen-bond acceptors (Lipinski definition) is 3. The maximum atomic E-state index is 11.7. The lowest BCUT2D eigenvalue weighted by Gasteiger charge is -2.34. The number of methoxy groups -OCH3 is 1. The largest absolute Gasteiger partial charge is 0.452 e. The minimum atomic E-state index is -0.378. The molecule has 88 valence electrons. The highest BCUT2D eigenvalue weighted by Gasteiger charge is 2.28. The molecule has 0 aromatic heterocycles. The summed E-state index contributed by atoms with van der Waals surface area (Å²) in [5.41, 5.74) is 6.71. The summed E-state index contributed by atoms with van der Waals surface area (Å²) in [7, 11) is 1.37. The highest BCUT2D eigenvalue weighted by atomic mass is 16.5. The summed E-state index contributed by atoms with van der Waals surface area (Å²) < 4.78 is 4.78. The first-order chi connectivity index (χ1) is 7.36. The third-order valence-corrected chi connectivity index (χ3v) is 2.18. The van der Waals surface area contributed by atoms with Crippen molar-refractivity contribution in [2.45, 2.75) is 26.3 Å². The van der Waals surface area contributed by atoms with E-state index in [0.717, 1.165) is 5.69 Å². The molecule has 0 bridgehead atoms. The molecule has 2 N–H and O–H groups in total. The Hall–Kier alpha value is -1.71. The fourth-order valence-electron chi connectivity index (χ4n) is 1.48. The van der Waals surface area contributed by atoms with Crippen LogP contribution in [-0.2, 0) is 4.74 Å². The number of rotatable bonds is 1. The average Bonchev–Trinajstić information content (AvgIpc) is 2.19. The first-order valence-corrected chi connectivity index (χ1v) is 5.10. The Morgan fingerprint density at radius 2 is 1.75 bits per heavy atom. The number of carbonyl (C=O) groups excluding carboxylic acids is 1. The van der Waals surface area contributed by atoms with E-state index in [1.807, 2.05) is 20.8 Å². The summed E-state index contributed by atoms with van der Waals surface area (Å²) in [6.07, 6.45) is -0.378. The molecule has 0 fully saturated rings. The fraction of sp³-hybridized carbons (Fsp3) is 0.417. The first-order valence-electron chi connectivity index (χ1n) is 5.10. The monoisotopic (exact) mass is 222 g/mol. The van der Waals surface area contributed by atoms with Gasteiger partial charge in [0.05, 0.1) is 7.11 Å². The van der Waals surface area contributed by atoms with E-state index in [1.165, 1.54) is 7.11 Å². The standard InChI is InChI=1S/C12H18N2O2/c1-12(2,3)14(11(15)16-4)10-7-5-9(13)6-8-10/h5-8H,13H2,1-4H3. The summed E-state index contributed by atoms with van der Waals surface area (Å²) >= 11 is 0. The number of ether oxygens (including phenoxy) is 1. The maximum Gasteiger partial charge on any atom is 0.414 e. The van der Waals surface area contributed by atoms with E-state index in [9.17, 15) is 4.79 Å². The van der Waals surface area contributed by atoms with Crippen molar-refractivity contribution < 1.29 is 9.53 Å². The molecule has 0 heterocycles. The predicted octanol–water partition coefficient (Wildman–Crippen LogP) is 2.64. The second-order valence-electron chi connectivity index (χ2n) is 4.57. The van der Waals surface area contributed by atoms with Gasteiger partial charge < -0.3 is 10.5 Å². The van der Waals surface area contributed by atoms with Crippen molar-refractivity contribution in [1.29, 1.82) is 0 Å². The van der Waals surface area contributed by atoms with Crippen LogP contribution in [0.2, 0.25) is 0 Å². The Bertz CT molecular complexity index is 366. The van der Waals surface area contributed by atoms with Gasteiger partial charge in [0.2, 0.25) is 0 Å². The molecule has 0 aliphatic rings. The molecule has 0 radical (unpaired) electrons. The Balaban J connectivity index is 3.11. The molecule has 0 aliphatic carbocycles. The number of anilines is 2. The van der Waals surface area contributed by atoms with Crippen LogP contribution in [0.5, 0.6) is 0 Å². The van der Waals surface area contributed by atoms with E-state index in [0.29, 0.717) is 5.69 Å². The van der Waals surface area contributed by atoms with Gasteiger partial charge in [-0.2, -0.15) is 0 Å². The van der Waals surface area contributed by atoms with Gasteiger partial charge in [-0.1, -0.05) is 0 Å². The quantitative estimate of drug-likeness (QED) is 0.743. The second kappa shape index (κ2) is 4.43. The van der Waals surface area contributed by atoms with Crippen molar-refractivity contribution in [1.82, 2.24) is 0 Å². The van der Waals surface area contributed by atoms with E-state index in [4.69, 9.17) is 10.5 Å². The number of nitrogens with zero attached hydrogens (tertiary/aromatic N) is 1. The molecule has 0 spiro atoms. The Kier molecular flexibility index (Phi) is 3.42. The van der Waals surface area contributed by atoms with Gasteiger partial charge in [0.1, 0.15) is 0 Å². The van der Waals surface area contributed by atoms with Crippen LogP contribution in [0, 0.1) is 0 Å².